The van der Waals surface area contributed by atoms with Gasteiger partial charge in [-0.1, -0.05) is 17.2 Å². The Hall–Kier alpha value is -3.38. The van der Waals surface area contributed by atoms with Crippen LogP contribution in [0.3, 0.4) is 0 Å². The Morgan fingerprint density at radius 3 is 2.33 bits per heavy atom. The molecule has 0 bridgehead atoms. The Balaban J connectivity index is 1.73. The van der Waals surface area contributed by atoms with Gasteiger partial charge in [-0.2, -0.15) is 22.9 Å². The van der Waals surface area contributed by atoms with E-state index in [1.165, 1.54) is 17.3 Å². The zero-order valence-electron chi connectivity index (χ0n) is 19.1. The number of rotatable bonds is 7. The summed E-state index contributed by atoms with van der Waals surface area (Å²) in [6.45, 7) is 0.186. The van der Waals surface area contributed by atoms with E-state index in [9.17, 15) is 32.2 Å². The SMILES string of the molecule is [O-]/C(=N\[N+]1(CC(O)(Cn2cncn2)c2ccc(F)cc2F)CCCCC1)c1ccc(C(F)(F)F)cc1. The van der Waals surface area contributed by atoms with Gasteiger partial charge in [-0.3, -0.25) is 0 Å². The number of aromatic nitrogens is 3. The molecule has 1 unspecified atom stereocenters. The zero-order chi connectivity index (χ0) is 26.0. The summed E-state index contributed by atoms with van der Waals surface area (Å²) >= 11 is 0. The normalized spacial score (nSPS) is 18.1. The molecular formula is C24H24F5N5O2. The first-order valence-electron chi connectivity index (χ1n) is 11.3. The average molecular weight is 509 g/mol. The molecule has 2 heterocycles. The van der Waals surface area contributed by atoms with Crippen molar-refractivity contribution < 1.29 is 36.8 Å². The molecule has 0 amide bonds. The second kappa shape index (κ2) is 9.94. The highest BCUT2D eigenvalue weighted by Gasteiger charge is 2.45. The lowest BCUT2D eigenvalue weighted by Gasteiger charge is -2.42. The molecule has 0 aliphatic carbocycles. The monoisotopic (exact) mass is 509 g/mol. The van der Waals surface area contributed by atoms with Crippen LogP contribution in [0.2, 0.25) is 0 Å². The molecule has 0 radical (unpaired) electrons. The summed E-state index contributed by atoms with van der Waals surface area (Å²) in [5.74, 6) is -2.54. The maximum atomic E-state index is 14.9. The number of quaternary nitrogens is 1. The second-order valence-corrected chi connectivity index (χ2v) is 8.99. The lowest BCUT2D eigenvalue weighted by atomic mass is 9.91. The van der Waals surface area contributed by atoms with Crippen LogP contribution in [0, 0.1) is 11.6 Å². The topological polar surface area (TPSA) is 86.4 Å². The van der Waals surface area contributed by atoms with E-state index in [0.717, 1.165) is 42.8 Å². The number of piperidine rings is 1. The molecule has 1 saturated heterocycles. The fourth-order valence-corrected chi connectivity index (χ4v) is 4.60. The van der Waals surface area contributed by atoms with E-state index in [1.807, 2.05) is 0 Å². The molecule has 1 aromatic heterocycles. The Labute approximate surface area is 203 Å². The molecule has 1 atom stereocenters. The summed E-state index contributed by atoms with van der Waals surface area (Å²) in [6, 6.07) is 6.53. The largest absolute Gasteiger partial charge is 0.855 e. The number of aliphatic hydroxyl groups is 1. The molecule has 12 heteroatoms. The van der Waals surface area contributed by atoms with Crippen LogP contribution in [0.15, 0.2) is 60.2 Å². The number of halogens is 5. The molecule has 0 saturated carbocycles. The summed E-state index contributed by atoms with van der Waals surface area (Å²) < 4.78 is 68.2. The fourth-order valence-electron chi connectivity index (χ4n) is 4.60. The van der Waals surface area contributed by atoms with Crippen molar-refractivity contribution in [3.05, 3.63) is 83.4 Å². The Morgan fingerprint density at radius 2 is 1.75 bits per heavy atom. The maximum absolute atomic E-state index is 14.9. The highest BCUT2D eigenvalue weighted by atomic mass is 19.4. The molecule has 1 fully saturated rings. The molecule has 3 aromatic rings. The molecule has 7 nitrogen and oxygen atoms in total. The molecule has 4 rings (SSSR count). The van der Waals surface area contributed by atoms with Gasteiger partial charge in [0.25, 0.3) is 0 Å². The number of benzene rings is 2. The van der Waals surface area contributed by atoms with Gasteiger partial charge in [0.05, 0.1) is 18.0 Å². The molecule has 1 aliphatic rings. The Bertz CT molecular complexity index is 1210. The first-order valence-corrected chi connectivity index (χ1v) is 11.3. The van der Waals surface area contributed by atoms with Crippen LogP contribution in [-0.2, 0) is 18.3 Å². The quantitative estimate of drug-likeness (QED) is 0.230. The van der Waals surface area contributed by atoms with E-state index in [4.69, 9.17) is 0 Å². The fraction of sp³-hybridized carbons (Fsp3) is 0.375. The van der Waals surface area contributed by atoms with E-state index >= 15 is 0 Å². The van der Waals surface area contributed by atoms with Crippen molar-refractivity contribution in [1.29, 1.82) is 0 Å². The smallest absolute Gasteiger partial charge is 0.416 e. The van der Waals surface area contributed by atoms with Crippen LogP contribution in [0.1, 0.15) is 36.0 Å². The van der Waals surface area contributed by atoms with Crippen molar-refractivity contribution in [1.82, 2.24) is 14.8 Å². The van der Waals surface area contributed by atoms with Gasteiger partial charge in [0.15, 0.2) is 5.60 Å². The maximum Gasteiger partial charge on any atom is 0.416 e. The van der Waals surface area contributed by atoms with Gasteiger partial charge in [-0.25, -0.2) is 18.4 Å². The van der Waals surface area contributed by atoms with Crippen molar-refractivity contribution in [2.24, 2.45) is 5.10 Å². The summed E-state index contributed by atoms with van der Waals surface area (Å²) in [4.78, 5) is 3.84. The van der Waals surface area contributed by atoms with Crippen LogP contribution in [-0.4, -0.2) is 50.0 Å². The number of hydrogen-bond acceptors (Lipinski definition) is 5. The van der Waals surface area contributed by atoms with Gasteiger partial charge in [-0.05, 0) is 49.1 Å². The van der Waals surface area contributed by atoms with Gasteiger partial charge < -0.3 is 10.2 Å². The predicted molar refractivity (Wildman–Crippen MR) is 117 cm³/mol. The minimum absolute atomic E-state index is 0.0427. The summed E-state index contributed by atoms with van der Waals surface area (Å²) in [5, 5.41) is 33.1. The second-order valence-electron chi connectivity index (χ2n) is 8.99. The first-order chi connectivity index (χ1) is 17.0. The summed E-state index contributed by atoms with van der Waals surface area (Å²) in [6.07, 6.45) is 0.208. The highest BCUT2D eigenvalue weighted by Crippen LogP contribution is 2.33. The lowest BCUT2D eigenvalue weighted by Crippen LogP contribution is -2.57. The average Bonchev–Trinajstić information content (AvgIpc) is 3.31. The third kappa shape index (κ3) is 5.71. The molecule has 192 valence electrons. The number of hydrogen-bond donors (Lipinski definition) is 1. The summed E-state index contributed by atoms with van der Waals surface area (Å²) in [5.41, 5.74) is -3.10. The minimum atomic E-state index is -4.55. The summed E-state index contributed by atoms with van der Waals surface area (Å²) in [7, 11) is 0. The number of likely N-dealkylation sites (tertiary alicyclic amines) is 1. The highest BCUT2D eigenvalue weighted by molar-refractivity contribution is 5.90. The van der Waals surface area contributed by atoms with Crippen LogP contribution in [0.4, 0.5) is 22.0 Å². The van der Waals surface area contributed by atoms with Crippen LogP contribution in [0.25, 0.3) is 0 Å². The van der Waals surface area contributed by atoms with E-state index in [2.05, 4.69) is 15.2 Å². The molecule has 0 spiro atoms. The third-order valence-corrected chi connectivity index (χ3v) is 6.29. The molecule has 1 aliphatic heterocycles. The molecular weight excluding hydrogens is 485 g/mol. The van der Waals surface area contributed by atoms with Gasteiger partial charge in [-0.15, -0.1) is 0 Å². The van der Waals surface area contributed by atoms with E-state index in [-0.39, 0.29) is 28.8 Å². The van der Waals surface area contributed by atoms with E-state index in [1.54, 1.807) is 0 Å². The standard InChI is InChI=1S/C24H24F5N5O2/c25-19-8-9-20(21(26)12-19)23(36,13-33-16-30-15-31-33)14-34(10-2-1-3-11-34)32-22(35)17-4-6-18(7-5-17)24(27,28)29/h4-9,12,15-16,36H,1-3,10-11,13-14H2. The van der Waals surface area contributed by atoms with Crippen molar-refractivity contribution in [2.75, 3.05) is 19.6 Å². The van der Waals surface area contributed by atoms with Crippen molar-refractivity contribution in [2.45, 2.75) is 37.6 Å². The Kier molecular flexibility index (Phi) is 7.10. The van der Waals surface area contributed by atoms with Crippen LogP contribution >= 0.6 is 0 Å². The minimum Gasteiger partial charge on any atom is -0.855 e. The van der Waals surface area contributed by atoms with Crippen LogP contribution < -0.4 is 5.11 Å². The molecule has 1 N–H and O–H groups in total. The first kappa shape index (κ1) is 25.7. The zero-order valence-corrected chi connectivity index (χ0v) is 19.1. The third-order valence-electron chi connectivity index (χ3n) is 6.29. The van der Waals surface area contributed by atoms with E-state index < -0.39 is 34.9 Å². The number of alkyl halides is 3. The number of nitrogens with zero attached hydrogens (tertiary/aromatic N) is 5. The lowest BCUT2D eigenvalue weighted by molar-refractivity contribution is -0.946. The predicted octanol–water partition coefficient (Wildman–Crippen LogP) is 3.19. The van der Waals surface area contributed by atoms with Gasteiger partial charge >= 0.3 is 6.18 Å². The molecule has 36 heavy (non-hydrogen) atoms. The Morgan fingerprint density at radius 1 is 1.06 bits per heavy atom. The van der Waals surface area contributed by atoms with Crippen molar-refractivity contribution in [3.8, 4) is 0 Å². The van der Waals surface area contributed by atoms with Crippen molar-refractivity contribution >= 4 is 5.90 Å². The van der Waals surface area contributed by atoms with Gasteiger partial charge in [0.1, 0.15) is 43.9 Å². The van der Waals surface area contributed by atoms with Crippen molar-refractivity contribution in [3.63, 3.8) is 0 Å². The van der Waals surface area contributed by atoms with Gasteiger partial charge in [0.2, 0.25) is 0 Å². The van der Waals surface area contributed by atoms with Crippen LogP contribution in [0.5, 0.6) is 0 Å². The van der Waals surface area contributed by atoms with Gasteiger partial charge in [0, 0.05) is 11.6 Å². The molecule has 2 aromatic carbocycles. The van der Waals surface area contributed by atoms with E-state index in [0.29, 0.717) is 32.0 Å².